The highest BCUT2D eigenvalue weighted by atomic mass is 15.2. The van der Waals surface area contributed by atoms with Crippen molar-refractivity contribution < 1.29 is 0 Å². The maximum absolute atomic E-state index is 5.80. The van der Waals surface area contributed by atoms with Crippen LogP contribution in [0.25, 0.3) is 0 Å². The zero-order valence-electron chi connectivity index (χ0n) is 5.88. The summed E-state index contributed by atoms with van der Waals surface area (Å²) in [6, 6.07) is 1.36. The van der Waals surface area contributed by atoms with E-state index in [4.69, 9.17) is 5.73 Å². The second-order valence-corrected chi connectivity index (χ2v) is 3.50. The molecule has 2 N–H and O–H groups in total. The van der Waals surface area contributed by atoms with Crippen molar-refractivity contribution in [3.63, 3.8) is 0 Å². The molecule has 0 aromatic heterocycles. The fraction of sp³-hybridized carbons (Fsp3) is 1.00. The molecule has 3 unspecified atom stereocenters. The third kappa shape index (κ3) is 0.864. The van der Waals surface area contributed by atoms with E-state index in [-0.39, 0.29) is 0 Å². The molecular weight excluding hydrogens is 112 g/mol. The van der Waals surface area contributed by atoms with Crippen molar-refractivity contribution in [2.45, 2.75) is 24.9 Å². The van der Waals surface area contributed by atoms with Gasteiger partial charge in [-0.3, -0.25) is 0 Å². The van der Waals surface area contributed by atoms with Gasteiger partial charge in [0.05, 0.1) is 0 Å². The van der Waals surface area contributed by atoms with Crippen LogP contribution in [0.2, 0.25) is 0 Å². The number of hydrogen-bond donors (Lipinski definition) is 1. The second-order valence-electron chi connectivity index (χ2n) is 3.50. The number of nitrogens with zero attached hydrogens (tertiary/aromatic N) is 1. The van der Waals surface area contributed by atoms with Gasteiger partial charge in [0, 0.05) is 18.6 Å². The standard InChI is InChI=1S/C7H14N2/c1-9-4-6(8)2-5-3-7(5)9/h5-7H,2-4,8H2,1H3. The van der Waals surface area contributed by atoms with Crippen LogP contribution >= 0.6 is 0 Å². The molecule has 2 heteroatoms. The lowest BCUT2D eigenvalue weighted by molar-refractivity contribution is 0.240. The molecule has 0 aromatic carbocycles. The summed E-state index contributed by atoms with van der Waals surface area (Å²) in [7, 11) is 2.18. The van der Waals surface area contributed by atoms with Crippen LogP contribution < -0.4 is 5.73 Å². The van der Waals surface area contributed by atoms with Crippen LogP contribution in [0.1, 0.15) is 12.8 Å². The van der Waals surface area contributed by atoms with Gasteiger partial charge in [0.15, 0.2) is 0 Å². The Balaban J connectivity index is 1.99. The van der Waals surface area contributed by atoms with Crippen LogP contribution in [0.4, 0.5) is 0 Å². The van der Waals surface area contributed by atoms with Gasteiger partial charge >= 0.3 is 0 Å². The summed E-state index contributed by atoms with van der Waals surface area (Å²) in [5.41, 5.74) is 5.80. The molecule has 1 aliphatic carbocycles. The summed E-state index contributed by atoms with van der Waals surface area (Å²) < 4.78 is 0. The van der Waals surface area contributed by atoms with Crippen LogP contribution in [0.5, 0.6) is 0 Å². The lowest BCUT2D eigenvalue weighted by atomic mass is 10.1. The summed E-state index contributed by atoms with van der Waals surface area (Å²) in [5.74, 6) is 0.957. The molecule has 1 heterocycles. The van der Waals surface area contributed by atoms with Gasteiger partial charge in [-0.2, -0.15) is 0 Å². The van der Waals surface area contributed by atoms with Crippen LogP contribution in [-0.4, -0.2) is 30.6 Å². The molecule has 2 nitrogen and oxygen atoms in total. The molecule has 0 spiro atoms. The monoisotopic (exact) mass is 126 g/mol. The molecule has 52 valence electrons. The zero-order chi connectivity index (χ0) is 6.43. The first-order valence-corrected chi connectivity index (χ1v) is 3.73. The van der Waals surface area contributed by atoms with E-state index in [9.17, 15) is 0 Å². The molecule has 2 fully saturated rings. The third-order valence-electron chi connectivity index (χ3n) is 2.58. The molecule has 3 atom stereocenters. The first-order valence-electron chi connectivity index (χ1n) is 3.73. The van der Waals surface area contributed by atoms with Crippen molar-refractivity contribution in [2.75, 3.05) is 13.6 Å². The number of nitrogens with two attached hydrogens (primary N) is 1. The number of fused-ring (bicyclic) bond motifs is 1. The van der Waals surface area contributed by atoms with Crippen LogP contribution in [0.3, 0.4) is 0 Å². The van der Waals surface area contributed by atoms with E-state index in [2.05, 4.69) is 11.9 Å². The topological polar surface area (TPSA) is 29.3 Å². The molecule has 2 aliphatic rings. The Morgan fingerprint density at radius 1 is 1.44 bits per heavy atom. The Morgan fingerprint density at radius 2 is 2.22 bits per heavy atom. The largest absolute Gasteiger partial charge is 0.327 e. The predicted octanol–water partition coefficient (Wildman–Crippen LogP) is 0.0377. The number of likely N-dealkylation sites (tertiary alicyclic amines) is 1. The van der Waals surface area contributed by atoms with E-state index in [1.165, 1.54) is 12.8 Å². The van der Waals surface area contributed by atoms with Crippen molar-refractivity contribution in [3.05, 3.63) is 0 Å². The first kappa shape index (κ1) is 5.69. The molecule has 1 saturated heterocycles. The molecule has 1 saturated carbocycles. The fourth-order valence-electron chi connectivity index (χ4n) is 1.99. The summed E-state index contributed by atoms with van der Waals surface area (Å²) in [5, 5.41) is 0. The lowest BCUT2D eigenvalue weighted by Gasteiger charge is -2.26. The van der Waals surface area contributed by atoms with E-state index in [1.54, 1.807) is 0 Å². The van der Waals surface area contributed by atoms with E-state index >= 15 is 0 Å². The minimum atomic E-state index is 0.457. The number of piperidine rings is 1. The SMILES string of the molecule is CN1CC(N)CC2CC21. The third-order valence-corrected chi connectivity index (χ3v) is 2.58. The van der Waals surface area contributed by atoms with Gasteiger partial charge in [0.1, 0.15) is 0 Å². The van der Waals surface area contributed by atoms with Gasteiger partial charge in [-0.15, -0.1) is 0 Å². The van der Waals surface area contributed by atoms with Gasteiger partial charge in [-0.25, -0.2) is 0 Å². The number of rotatable bonds is 0. The predicted molar refractivity (Wildman–Crippen MR) is 37.1 cm³/mol. The summed E-state index contributed by atoms with van der Waals surface area (Å²) in [4.78, 5) is 2.40. The fourth-order valence-corrected chi connectivity index (χ4v) is 1.99. The van der Waals surface area contributed by atoms with Crippen LogP contribution in [0.15, 0.2) is 0 Å². The van der Waals surface area contributed by atoms with Crippen LogP contribution in [0, 0.1) is 5.92 Å². The summed E-state index contributed by atoms with van der Waals surface area (Å²) >= 11 is 0. The van der Waals surface area contributed by atoms with Gasteiger partial charge in [0.2, 0.25) is 0 Å². The molecule has 1 aliphatic heterocycles. The molecule has 0 amide bonds. The Kier molecular flexibility index (Phi) is 1.08. The Morgan fingerprint density at radius 3 is 2.89 bits per heavy atom. The van der Waals surface area contributed by atoms with E-state index < -0.39 is 0 Å². The quantitative estimate of drug-likeness (QED) is 0.496. The molecule has 9 heavy (non-hydrogen) atoms. The van der Waals surface area contributed by atoms with E-state index in [0.717, 1.165) is 18.5 Å². The van der Waals surface area contributed by atoms with Crippen molar-refractivity contribution in [2.24, 2.45) is 11.7 Å². The van der Waals surface area contributed by atoms with E-state index in [1.807, 2.05) is 0 Å². The van der Waals surface area contributed by atoms with Gasteiger partial charge in [0.25, 0.3) is 0 Å². The van der Waals surface area contributed by atoms with Crippen molar-refractivity contribution in [1.82, 2.24) is 4.90 Å². The number of likely N-dealkylation sites (N-methyl/N-ethyl adjacent to an activating group) is 1. The Hall–Kier alpha value is -0.0800. The molecule has 0 radical (unpaired) electrons. The highest BCUT2D eigenvalue weighted by Crippen LogP contribution is 2.41. The zero-order valence-corrected chi connectivity index (χ0v) is 5.88. The lowest BCUT2D eigenvalue weighted by Crippen LogP contribution is -2.41. The van der Waals surface area contributed by atoms with E-state index in [0.29, 0.717) is 6.04 Å². The minimum Gasteiger partial charge on any atom is -0.327 e. The Bertz CT molecular complexity index is 124. The number of hydrogen-bond acceptors (Lipinski definition) is 2. The van der Waals surface area contributed by atoms with Crippen molar-refractivity contribution in [1.29, 1.82) is 0 Å². The second kappa shape index (κ2) is 1.70. The van der Waals surface area contributed by atoms with Crippen molar-refractivity contribution in [3.8, 4) is 0 Å². The first-order chi connectivity index (χ1) is 4.27. The van der Waals surface area contributed by atoms with Crippen LogP contribution in [-0.2, 0) is 0 Å². The smallest absolute Gasteiger partial charge is 0.0171 e. The minimum absolute atomic E-state index is 0.457. The van der Waals surface area contributed by atoms with Crippen molar-refractivity contribution >= 4 is 0 Å². The van der Waals surface area contributed by atoms with Gasteiger partial charge in [-0.1, -0.05) is 0 Å². The maximum Gasteiger partial charge on any atom is 0.0171 e. The maximum atomic E-state index is 5.80. The summed E-state index contributed by atoms with van der Waals surface area (Å²) in [6.45, 7) is 1.11. The highest BCUT2D eigenvalue weighted by molar-refractivity contribution is 5.00. The molecule has 0 aromatic rings. The highest BCUT2D eigenvalue weighted by Gasteiger charge is 2.44. The normalized spacial score (nSPS) is 50.7. The average Bonchev–Trinajstić information content (AvgIpc) is 2.43. The molecule has 0 bridgehead atoms. The van der Waals surface area contributed by atoms with Gasteiger partial charge in [-0.05, 0) is 25.8 Å². The Labute approximate surface area is 56.0 Å². The molecular formula is C7H14N2. The molecule has 2 rings (SSSR count). The van der Waals surface area contributed by atoms with Gasteiger partial charge < -0.3 is 10.6 Å². The summed E-state index contributed by atoms with van der Waals surface area (Å²) in [6.07, 6.45) is 2.68. The average molecular weight is 126 g/mol.